The van der Waals surface area contributed by atoms with E-state index in [2.05, 4.69) is 10.6 Å². The van der Waals surface area contributed by atoms with Crippen LogP contribution in [0.4, 0.5) is 4.79 Å². The zero-order valence-corrected chi connectivity index (χ0v) is 11.6. The van der Waals surface area contributed by atoms with Crippen molar-refractivity contribution in [2.24, 2.45) is 0 Å². The van der Waals surface area contributed by atoms with Crippen molar-refractivity contribution in [3.63, 3.8) is 0 Å². The van der Waals surface area contributed by atoms with Crippen molar-refractivity contribution in [1.29, 1.82) is 0 Å². The minimum absolute atomic E-state index is 0.169. The summed E-state index contributed by atoms with van der Waals surface area (Å²) in [6.07, 6.45) is 0.809. The largest absolute Gasteiger partial charge is 0.494 e. The summed E-state index contributed by atoms with van der Waals surface area (Å²) in [5.41, 5.74) is 1.01. The number of carbonyl (C=O) groups is 1. The Balaban J connectivity index is 2.27. The van der Waals surface area contributed by atoms with Crippen LogP contribution in [0.1, 0.15) is 18.9 Å². The Kier molecular flexibility index (Phi) is 7.43. The van der Waals surface area contributed by atoms with Crippen LogP contribution in [0.3, 0.4) is 0 Å². The lowest BCUT2D eigenvalue weighted by atomic mass is 10.2. The van der Waals surface area contributed by atoms with Crippen LogP contribution in [0.2, 0.25) is 0 Å². The molecule has 0 aliphatic heterocycles. The number of hydrogen-bond donors (Lipinski definition) is 2. The van der Waals surface area contributed by atoms with Crippen LogP contribution in [0.5, 0.6) is 5.75 Å². The van der Waals surface area contributed by atoms with Gasteiger partial charge in [-0.05, 0) is 31.0 Å². The first-order chi connectivity index (χ1) is 9.26. The van der Waals surface area contributed by atoms with E-state index in [1.165, 1.54) is 0 Å². The monoisotopic (exact) mass is 266 g/mol. The maximum Gasteiger partial charge on any atom is 0.315 e. The Bertz CT molecular complexity index is 383. The summed E-state index contributed by atoms with van der Waals surface area (Å²) < 4.78 is 10.3. The van der Waals surface area contributed by atoms with Gasteiger partial charge in [0.05, 0.1) is 6.61 Å². The predicted molar refractivity (Wildman–Crippen MR) is 74.3 cm³/mol. The average Bonchev–Trinajstić information content (AvgIpc) is 2.42. The van der Waals surface area contributed by atoms with Crippen molar-refractivity contribution >= 4 is 6.03 Å². The highest BCUT2D eigenvalue weighted by molar-refractivity contribution is 5.73. The molecule has 2 N–H and O–H groups in total. The van der Waals surface area contributed by atoms with Gasteiger partial charge in [-0.25, -0.2) is 4.79 Å². The molecule has 2 amide bonds. The summed E-state index contributed by atoms with van der Waals surface area (Å²) in [6.45, 7) is 4.32. The third kappa shape index (κ3) is 6.67. The molecule has 0 spiro atoms. The lowest BCUT2D eigenvalue weighted by molar-refractivity contribution is 0.193. The molecule has 5 heteroatoms. The number of ether oxygens (including phenoxy) is 2. The zero-order valence-electron chi connectivity index (χ0n) is 11.6. The molecule has 0 radical (unpaired) electrons. The molecule has 106 valence electrons. The third-order valence-electron chi connectivity index (χ3n) is 2.47. The van der Waals surface area contributed by atoms with Crippen molar-refractivity contribution in [3.05, 3.63) is 29.8 Å². The van der Waals surface area contributed by atoms with Crippen LogP contribution in [-0.2, 0) is 11.3 Å². The standard InChI is InChI=1S/C14H22N2O3/c1-3-19-13-7-4-6-12(10-13)11-16-14(17)15-8-5-9-18-2/h4,6-7,10H,3,5,8-9,11H2,1-2H3,(H2,15,16,17). The number of nitrogens with one attached hydrogen (secondary N) is 2. The van der Waals surface area contributed by atoms with E-state index in [0.717, 1.165) is 17.7 Å². The van der Waals surface area contributed by atoms with Gasteiger partial charge in [0.2, 0.25) is 0 Å². The smallest absolute Gasteiger partial charge is 0.315 e. The molecule has 0 fully saturated rings. The molecule has 0 saturated carbocycles. The molecule has 0 bridgehead atoms. The van der Waals surface area contributed by atoms with Crippen molar-refractivity contribution in [3.8, 4) is 5.75 Å². The van der Waals surface area contributed by atoms with Crippen molar-refractivity contribution in [1.82, 2.24) is 10.6 Å². The molecule has 0 aromatic heterocycles. The van der Waals surface area contributed by atoms with Crippen LogP contribution in [-0.4, -0.2) is 32.9 Å². The second-order valence-electron chi connectivity index (χ2n) is 4.04. The van der Waals surface area contributed by atoms with E-state index >= 15 is 0 Å². The molecule has 1 rings (SSSR count). The number of hydrogen-bond acceptors (Lipinski definition) is 3. The lowest BCUT2D eigenvalue weighted by Crippen LogP contribution is -2.35. The number of urea groups is 1. The van der Waals surface area contributed by atoms with Crippen LogP contribution < -0.4 is 15.4 Å². The minimum atomic E-state index is -0.169. The highest BCUT2D eigenvalue weighted by Crippen LogP contribution is 2.12. The van der Waals surface area contributed by atoms with Crippen LogP contribution in [0.15, 0.2) is 24.3 Å². The molecule has 0 saturated heterocycles. The predicted octanol–water partition coefficient (Wildman–Crippen LogP) is 1.92. The highest BCUT2D eigenvalue weighted by Gasteiger charge is 2.01. The molecular weight excluding hydrogens is 244 g/mol. The Labute approximate surface area is 114 Å². The first-order valence-corrected chi connectivity index (χ1v) is 6.48. The van der Waals surface area contributed by atoms with Gasteiger partial charge in [0.1, 0.15) is 5.75 Å². The fourth-order valence-electron chi connectivity index (χ4n) is 1.58. The van der Waals surface area contributed by atoms with Crippen molar-refractivity contribution in [2.75, 3.05) is 26.9 Å². The summed E-state index contributed by atoms with van der Waals surface area (Å²) in [5.74, 6) is 0.822. The fraction of sp³-hybridized carbons (Fsp3) is 0.500. The number of carbonyl (C=O) groups excluding carboxylic acids is 1. The Morgan fingerprint density at radius 1 is 1.32 bits per heavy atom. The van der Waals surface area contributed by atoms with E-state index in [9.17, 15) is 4.79 Å². The first kappa shape index (κ1) is 15.3. The van der Waals surface area contributed by atoms with Gasteiger partial charge >= 0.3 is 6.03 Å². The van der Waals surface area contributed by atoms with Gasteiger partial charge in [0.25, 0.3) is 0 Å². The van der Waals surface area contributed by atoms with E-state index in [-0.39, 0.29) is 6.03 Å². The number of benzene rings is 1. The second-order valence-corrected chi connectivity index (χ2v) is 4.04. The zero-order chi connectivity index (χ0) is 13.9. The quantitative estimate of drug-likeness (QED) is 0.707. The van der Waals surface area contributed by atoms with Crippen molar-refractivity contribution in [2.45, 2.75) is 19.9 Å². The summed E-state index contributed by atoms with van der Waals surface area (Å²) >= 11 is 0. The molecule has 0 aliphatic rings. The van der Waals surface area contributed by atoms with Gasteiger partial charge in [-0.15, -0.1) is 0 Å². The van der Waals surface area contributed by atoms with Gasteiger partial charge in [-0.3, -0.25) is 0 Å². The summed E-state index contributed by atoms with van der Waals surface area (Å²) in [4.78, 5) is 11.5. The lowest BCUT2D eigenvalue weighted by Gasteiger charge is -2.09. The Morgan fingerprint density at radius 2 is 2.16 bits per heavy atom. The molecule has 5 nitrogen and oxygen atoms in total. The van der Waals surface area contributed by atoms with Gasteiger partial charge in [0, 0.05) is 26.8 Å². The normalized spacial score (nSPS) is 10.0. The number of amides is 2. The summed E-state index contributed by atoms with van der Waals surface area (Å²) in [5, 5.41) is 5.56. The van der Waals surface area contributed by atoms with E-state index < -0.39 is 0 Å². The fourth-order valence-corrected chi connectivity index (χ4v) is 1.58. The SMILES string of the molecule is CCOc1cccc(CNC(=O)NCCCOC)c1. The molecule has 0 heterocycles. The molecule has 19 heavy (non-hydrogen) atoms. The maximum atomic E-state index is 11.5. The van der Waals surface area contributed by atoms with Crippen LogP contribution >= 0.6 is 0 Å². The molecule has 0 unspecified atom stereocenters. The van der Waals surface area contributed by atoms with Gasteiger partial charge in [-0.1, -0.05) is 12.1 Å². The third-order valence-corrected chi connectivity index (χ3v) is 2.47. The van der Waals surface area contributed by atoms with E-state index in [0.29, 0.717) is 26.3 Å². The maximum absolute atomic E-state index is 11.5. The first-order valence-electron chi connectivity index (χ1n) is 6.48. The van der Waals surface area contributed by atoms with E-state index in [1.54, 1.807) is 7.11 Å². The molecule has 0 aliphatic carbocycles. The molecule has 0 atom stereocenters. The van der Waals surface area contributed by atoms with Gasteiger partial charge in [-0.2, -0.15) is 0 Å². The van der Waals surface area contributed by atoms with Crippen LogP contribution in [0, 0.1) is 0 Å². The highest BCUT2D eigenvalue weighted by atomic mass is 16.5. The second kappa shape index (κ2) is 9.22. The number of methoxy groups -OCH3 is 1. The van der Waals surface area contributed by atoms with Gasteiger partial charge in [0.15, 0.2) is 0 Å². The minimum Gasteiger partial charge on any atom is -0.494 e. The Hall–Kier alpha value is -1.75. The van der Waals surface area contributed by atoms with Crippen molar-refractivity contribution < 1.29 is 14.3 Å². The Morgan fingerprint density at radius 3 is 2.89 bits per heavy atom. The molecular formula is C14H22N2O3. The average molecular weight is 266 g/mol. The molecule has 1 aromatic carbocycles. The van der Waals surface area contributed by atoms with Crippen LogP contribution in [0.25, 0.3) is 0 Å². The topological polar surface area (TPSA) is 59.6 Å². The summed E-state index contributed by atoms with van der Waals surface area (Å²) in [7, 11) is 1.64. The van der Waals surface area contributed by atoms with E-state index in [1.807, 2.05) is 31.2 Å². The van der Waals surface area contributed by atoms with Gasteiger partial charge < -0.3 is 20.1 Å². The number of rotatable bonds is 8. The molecule has 1 aromatic rings. The summed E-state index contributed by atoms with van der Waals surface area (Å²) in [6, 6.07) is 7.52. The van der Waals surface area contributed by atoms with E-state index in [4.69, 9.17) is 9.47 Å².